The molecule has 0 atom stereocenters. The Bertz CT molecular complexity index is 721. The molecular formula is C18H21IN4O. The molecule has 1 amide bonds. The number of benzene rings is 1. The number of carbonyl (C=O) groups excluding carboxylic acids is 1. The van der Waals surface area contributed by atoms with Gasteiger partial charge in [0.15, 0.2) is 0 Å². The van der Waals surface area contributed by atoms with E-state index in [2.05, 4.69) is 42.8 Å². The number of hydrogen-bond donors (Lipinski definition) is 1. The van der Waals surface area contributed by atoms with E-state index >= 15 is 0 Å². The number of nitrogens with one attached hydrogen (secondary N) is 1. The van der Waals surface area contributed by atoms with Crippen LogP contribution in [0.4, 0.5) is 11.6 Å². The van der Waals surface area contributed by atoms with Crippen molar-refractivity contribution < 1.29 is 4.79 Å². The molecule has 6 heteroatoms. The molecule has 3 rings (SSSR count). The van der Waals surface area contributed by atoms with Gasteiger partial charge in [-0.2, -0.15) is 0 Å². The van der Waals surface area contributed by atoms with Crippen LogP contribution < -0.4 is 10.2 Å². The predicted octanol–water partition coefficient (Wildman–Crippen LogP) is 3.55. The van der Waals surface area contributed by atoms with E-state index in [9.17, 15) is 4.79 Å². The fraction of sp³-hybridized carbons (Fsp3) is 0.389. The number of nitrogens with zero attached hydrogens (tertiary/aromatic N) is 3. The lowest BCUT2D eigenvalue weighted by atomic mass is 9.96. The van der Waals surface area contributed by atoms with Gasteiger partial charge >= 0.3 is 0 Å². The van der Waals surface area contributed by atoms with Gasteiger partial charge in [-0.15, -0.1) is 0 Å². The molecule has 1 saturated heterocycles. The Morgan fingerprint density at radius 1 is 1.17 bits per heavy atom. The number of aromatic nitrogens is 2. The molecule has 0 radical (unpaired) electrons. The summed E-state index contributed by atoms with van der Waals surface area (Å²) in [6, 6.07) is 9.83. The zero-order valence-electron chi connectivity index (χ0n) is 13.9. The van der Waals surface area contributed by atoms with Gasteiger partial charge in [0, 0.05) is 34.0 Å². The quantitative estimate of drug-likeness (QED) is 0.748. The Hall–Kier alpha value is -1.70. The summed E-state index contributed by atoms with van der Waals surface area (Å²) in [6.07, 6.45) is 1.65. The van der Waals surface area contributed by atoms with Crippen LogP contribution >= 0.6 is 22.6 Å². The van der Waals surface area contributed by atoms with Crippen molar-refractivity contribution in [2.45, 2.75) is 26.7 Å². The van der Waals surface area contributed by atoms with E-state index in [4.69, 9.17) is 0 Å². The molecule has 5 nitrogen and oxygen atoms in total. The number of halogens is 1. The van der Waals surface area contributed by atoms with Crippen molar-refractivity contribution in [2.75, 3.05) is 23.3 Å². The number of piperidine rings is 1. The van der Waals surface area contributed by atoms with Crippen LogP contribution in [0.5, 0.6) is 0 Å². The summed E-state index contributed by atoms with van der Waals surface area (Å²) in [4.78, 5) is 23.7. The Labute approximate surface area is 156 Å². The highest BCUT2D eigenvalue weighted by atomic mass is 127. The number of carbonyl (C=O) groups is 1. The van der Waals surface area contributed by atoms with Gasteiger partial charge in [-0.05, 0) is 67.5 Å². The van der Waals surface area contributed by atoms with Gasteiger partial charge in [0.2, 0.25) is 11.9 Å². The van der Waals surface area contributed by atoms with Crippen LogP contribution in [0, 0.1) is 23.3 Å². The van der Waals surface area contributed by atoms with E-state index < -0.39 is 0 Å². The first-order valence-electron chi connectivity index (χ1n) is 8.15. The summed E-state index contributed by atoms with van der Waals surface area (Å²) in [7, 11) is 0. The van der Waals surface area contributed by atoms with Crippen molar-refractivity contribution >= 4 is 40.1 Å². The van der Waals surface area contributed by atoms with E-state index in [1.54, 1.807) is 0 Å². The highest BCUT2D eigenvalue weighted by Crippen LogP contribution is 2.24. The number of anilines is 2. The lowest BCUT2D eigenvalue weighted by molar-refractivity contribution is -0.120. The minimum absolute atomic E-state index is 0.0446. The molecule has 1 fully saturated rings. The molecule has 1 aliphatic heterocycles. The fourth-order valence-corrected chi connectivity index (χ4v) is 3.51. The van der Waals surface area contributed by atoms with E-state index in [1.165, 1.54) is 0 Å². The summed E-state index contributed by atoms with van der Waals surface area (Å²) in [5.41, 5.74) is 2.86. The molecule has 1 aromatic heterocycles. The maximum atomic E-state index is 12.5. The Morgan fingerprint density at radius 2 is 1.79 bits per heavy atom. The number of aryl methyl sites for hydroxylation is 2. The third kappa shape index (κ3) is 4.03. The van der Waals surface area contributed by atoms with Gasteiger partial charge in [0.25, 0.3) is 0 Å². The van der Waals surface area contributed by atoms with Crippen LogP contribution in [-0.2, 0) is 4.79 Å². The average Bonchev–Trinajstić information content (AvgIpc) is 2.56. The van der Waals surface area contributed by atoms with Crippen molar-refractivity contribution in [1.29, 1.82) is 0 Å². The molecular weight excluding hydrogens is 415 g/mol. The van der Waals surface area contributed by atoms with Gasteiger partial charge < -0.3 is 10.2 Å². The third-order valence-corrected chi connectivity index (χ3v) is 5.19. The van der Waals surface area contributed by atoms with E-state index in [0.29, 0.717) is 0 Å². The zero-order valence-corrected chi connectivity index (χ0v) is 16.1. The normalized spacial score (nSPS) is 15.4. The molecule has 2 aromatic rings. The molecule has 1 N–H and O–H groups in total. The maximum absolute atomic E-state index is 12.5. The highest BCUT2D eigenvalue weighted by Gasteiger charge is 2.26. The molecule has 126 valence electrons. The van der Waals surface area contributed by atoms with Gasteiger partial charge in [-0.25, -0.2) is 9.97 Å². The third-order valence-electron chi connectivity index (χ3n) is 4.25. The monoisotopic (exact) mass is 436 g/mol. The summed E-state index contributed by atoms with van der Waals surface area (Å²) in [5.74, 6) is 0.937. The second-order valence-corrected chi connectivity index (χ2v) is 7.34. The Kier molecular flexibility index (Phi) is 5.33. The predicted molar refractivity (Wildman–Crippen MR) is 104 cm³/mol. The summed E-state index contributed by atoms with van der Waals surface area (Å²) >= 11 is 2.24. The lowest BCUT2D eigenvalue weighted by Gasteiger charge is -2.31. The smallest absolute Gasteiger partial charge is 0.227 e. The number of rotatable bonds is 3. The molecule has 0 unspecified atom stereocenters. The minimum Gasteiger partial charge on any atom is -0.341 e. The van der Waals surface area contributed by atoms with Crippen molar-refractivity contribution in [3.8, 4) is 0 Å². The van der Waals surface area contributed by atoms with Crippen LogP contribution in [0.15, 0.2) is 30.3 Å². The second-order valence-electron chi connectivity index (χ2n) is 6.18. The number of para-hydroxylation sites is 1. The minimum atomic E-state index is 0.0446. The first-order valence-corrected chi connectivity index (χ1v) is 9.23. The highest BCUT2D eigenvalue weighted by molar-refractivity contribution is 14.1. The SMILES string of the molecule is Cc1cc(C)nc(N2CCC(C(=O)Nc3ccccc3I)CC2)n1. The Morgan fingerprint density at radius 3 is 2.42 bits per heavy atom. The molecule has 1 aromatic carbocycles. The molecule has 2 heterocycles. The van der Waals surface area contributed by atoms with Gasteiger partial charge in [0.05, 0.1) is 5.69 Å². The van der Waals surface area contributed by atoms with Crippen LogP contribution in [0.3, 0.4) is 0 Å². The van der Waals surface area contributed by atoms with E-state index in [0.717, 1.165) is 52.5 Å². The molecule has 24 heavy (non-hydrogen) atoms. The summed E-state index contributed by atoms with van der Waals surface area (Å²) < 4.78 is 1.06. The summed E-state index contributed by atoms with van der Waals surface area (Å²) in [5, 5.41) is 3.06. The van der Waals surface area contributed by atoms with Gasteiger partial charge in [0.1, 0.15) is 0 Å². The van der Waals surface area contributed by atoms with Gasteiger partial charge in [-0.1, -0.05) is 12.1 Å². The first kappa shape index (κ1) is 17.1. The summed E-state index contributed by atoms with van der Waals surface area (Å²) in [6.45, 7) is 5.60. The number of hydrogen-bond acceptors (Lipinski definition) is 4. The molecule has 0 saturated carbocycles. The zero-order chi connectivity index (χ0) is 17.1. The van der Waals surface area contributed by atoms with Crippen molar-refractivity contribution in [1.82, 2.24) is 9.97 Å². The molecule has 1 aliphatic rings. The second kappa shape index (κ2) is 7.46. The first-order chi connectivity index (χ1) is 11.5. The van der Waals surface area contributed by atoms with Crippen molar-refractivity contribution in [2.24, 2.45) is 5.92 Å². The topological polar surface area (TPSA) is 58.1 Å². The lowest BCUT2D eigenvalue weighted by Crippen LogP contribution is -2.39. The molecule has 0 aliphatic carbocycles. The van der Waals surface area contributed by atoms with Crippen LogP contribution in [0.25, 0.3) is 0 Å². The van der Waals surface area contributed by atoms with Crippen LogP contribution in [-0.4, -0.2) is 29.0 Å². The van der Waals surface area contributed by atoms with Crippen LogP contribution in [0.1, 0.15) is 24.2 Å². The van der Waals surface area contributed by atoms with Crippen molar-refractivity contribution in [3.05, 3.63) is 45.3 Å². The average molecular weight is 436 g/mol. The fourth-order valence-electron chi connectivity index (χ4n) is 2.99. The van der Waals surface area contributed by atoms with Crippen LogP contribution in [0.2, 0.25) is 0 Å². The van der Waals surface area contributed by atoms with Gasteiger partial charge in [-0.3, -0.25) is 4.79 Å². The maximum Gasteiger partial charge on any atom is 0.227 e. The Balaban J connectivity index is 1.60. The van der Waals surface area contributed by atoms with Crippen molar-refractivity contribution in [3.63, 3.8) is 0 Å². The van der Waals surface area contributed by atoms with E-state index in [-0.39, 0.29) is 11.8 Å². The standard InChI is InChI=1S/C18H21IN4O/c1-12-11-13(2)21-18(20-12)23-9-7-14(8-10-23)17(24)22-16-6-4-3-5-15(16)19/h3-6,11,14H,7-10H2,1-2H3,(H,22,24). The molecule has 0 bridgehead atoms. The number of amides is 1. The largest absolute Gasteiger partial charge is 0.341 e. The molecule has 0 spiro atoms. The van der Waals surface area contributed by atoms with E-state index in [1.807, 2.05) is 44.2 Å².